The Morgan fingerprint density at radius 1 is 1.20 bits per heavy atom. The van der Waals surface area contributed by atoms with E-state index in [9.17, 15) is 8.42 Å². The second-order valence-electron chi connectivity index (χ2n) is 5.86. The van der Waals surface area contributed by atoms with Gasteiger partial charge in [-0.15, -0.1) is 0 Å². The van der Waals surface area contributed by atoms with Crippen molar-refractivity contribution in [2.75, 3.05) is 18.1 Å². The summed E-state index contributed by atoms with van der Waals surface area (Å²) >= 11 is 0. The number of hydrogen-bond acceptors (Lipinski definition) is 4. The molecule has 1 aliphatic carbocycles. The van der Waals surface area contributed by atoms with Crippen molar-refractivity contribution in [3.05, 3.63) is 0 Å². The molecule has 0 bridgehead atoms. The maximum Gasteiger partial charge on any atom is 0.150 e. The van der Waals surface area contributed by atoms with E-state index in [1.54, 1.807) is 6.92 Å². The minimum Gasteiger partial charge on any atom is -0.377 e. The van der Waals surface area contributed by atoms with Crippen molar-refractivity contribution < 1.29 is 13.2 Å². The van der Waals surface area contributed by atoms with Crippen molar-refractivity contribution in [2.45, 2.75) is 70.9 Å². The van der Waals surface area contributed by atoms with Crippen LogP contribution in [-0.4, -0.2) is 38.7 Å². The highest BCUT2D eigenvalue weighted by Crippen LogP contribution is 2.30. The first-order valence-electron chi connectivity index (χ1n) is 8.07. The van der Waals surface area contributed by atoms with E-state index in [2.05, 4.69) is 0 Å². The molecule has 0 aromatic heterocycles. The van der Waals surface area contributed by atoms with Crippen LogP contribution in [0.1, 0.15) is 58.8 Å². The zero-order valence-electron chi connectivity index (χ0n) is 13.0. The summed E-state index contributed by atoms with van der Waals surface area (Å²) in [5.41, 5.74) is 6.29. The third kappa shape index (κ3) is 6.10. The van der Waals surface area contributed by atoms with Gasteiger partial charge in [-0.25, -0.2) is 8.42 Å². The van der Waals surface area contributed by atoms with Gasteiger partial charge in [-0.1, -0.05) is 26.2 Å². The zero-order valence-corrected chi connectivity index (χ0v) is 13.8. The molecule has 0 spiro atoms. The van der Waals surface area contributed by atoms with Crippen LogP contribution in [-0.2, 0) is 14.6 Å². The molecule has 0 aliphatic heterocycles. The summed E-state index contributed by atoms with van der Waals surface area (Å²) < 4.78 is 28.9. The summed E-state index contributed by atoms with van der Waals surface area (Å²) in [4.78, 5) is 0. The molecule has 0 amide bonds. The summed E-state index contributed by atoms with van der Waals surface area (Å²) in [6, 6.07) is -0.0369. The fourth-order valence-electron chi connectivity index (χ4n) is 3.11. The molecule has 1 rings (SSSR count). The molecular formula is C15H31NO3S. The fourth-order valence-corrected chi connectivity index (χ4v) is 4.01. The van der Waals surface area contributed by atoms with E-state index >= 15 is 0 Å². The Hall–Kier alpha value is -0.130. The highest BCUT2D eigenvalue weighted by atomic mass is 32.2. The molecule has 20 heavy (non-hydrogen) atoms. The van der Waals surface area contributed by atoms with E-state index in [0.717, 1.165) is 6.42 Å². The van der Waals surface area contributed by atoms with Crippen molar-refractivity contribution in [3.63, 3.8) is 0 Å². The van der Waals surface area contributed by atoms with Gasteiger partial charge in [0.05, 0.1) is 11.9 Å². The average Bonchev–Trinajstić information content (AvgIpc) is 2.45. The van der Waals surface area contributed by atoms with Gasteiger partial charge < -0.3 is 10.5 Å². The molecule has 2 atom stereocenters. The van der Waals surface area contributed by atoms with E-state index < -0.39 is 9.84 Å². The van der Waals surface area contributed by atoms with Crippen molar-refractivity contribution in [1.82, 2.24) is 0 Å². The molecule has 2 N–H and O–H groups in total. The average molecular weight is 305 g/mol. The van der Waals surface area contributed by atoms with Gasteiger partial charge in [0.25, 0.3) is 0 Å². The normalized spacial score (nSPS) is 20.8. The Labute approximate surface area is 124 Å². The van der Waals surface area contributed by atoms with Crippen LogP contribution < -0.4 is 5.73 Å². The SMILES string of the molecule is CCOC(C(N)CCCS(=O)(=O)CC)C1CCCCC1. The van der Waals surface area contributed by atoms with Crippen LogP contribution in [0.25, 0.3) is 0 Å². The van der Waals surface area contributed by atoms with Crippen LogP contribution in [0.2, 0.25) is 0 Å². The third-order valence-electron chi connectivity index (χ3n) is 4.33. The van der Waals surface area contributed by atoms with Crippen LogP contribution >= 0.6 is 0 Å². The highest BCUT2D eigenvalue weighted by molar-refractivity contribution is 7.91. The van der Waals surface area contributed by atoms with E-state index in [1.165, 1.54) is 32.1 Å². The predicted octanol–water partition coefficient (Wildman–Crippen LogP) is 2.51. The zero-order chi connectivity index (χ0) is 15.0. The molecule has 0 radical (unpaired) electrons. The Morgan fingerprint density at radius 3 is 2.40 bits per heavy atom. The van der Waals surface area contributed by atoms with E-state index in [-0.39, 0.29) is 23.7 Å². The molecule has 2 unspecified atom stereocenters. The first-order chi connectivity index (χ1) is 9.50. The number of rotatable bonds is 9. The molecule has 120 valence electrons. The second kappa shape index (κ2) is 9.00. The van der Waals surface area contributed by atoms with Gasteiger partial charge in [0.1, 0.15) is 9.84 Å². The van der Waals surface area contributed by atoms with Crippen molar-refractivity contribution >= 4 is 9.84 Å². The predicted molar refractivity (Wildman–Crippen MR) is 83.5 cm³/mol. The largest absolute Gasteiger partial charge is 0.377 e. The molecular weight excluding hydrogens is 274 g/mol. The molecule has 0 aromatic carbocycles. The quantitative estimate of drug-likeness (QED) is 0.710. The van der Waals surface area contributed by atoms with Crippen LogP contribution in [0, 0.1) is 5.92 Å². The van der Waals surface area contributed by atoms with Crippen LogP contribution in [0.4, 0.5) is 0 Å². The third-order valence-corrected chi connectivity index (χ3v) is 6.12. The molecule has 4 nitrogen and oxygen atoms in total. The van der Waals surface area contributed by atoms with Gasteiger partial charge in [-0.3, -0.25) is 0 Å². The fraction of sp³-hybridized carbons (Fsp3) is 1.00. The summed E-state index contributed by atoms with van der Waals surface area (Å²) in [5, 5.41) is 0. The van der Waals surface area contributed by atoms with Crippen molar-refractivity contribution in [1.29, 1.82) is 0 Å². The van der Waals surface area contributed by atoms with Gasteiger partial charge in [-0.05, 0) is 38.5 Å². The topological polar surface area (TPSA) is 69.4 Å². The molecule has 0 heterocycles. The highest BCUT2D eigenvalue weighted by Gasteiger charge is 2.29. The maximum atomic E-state index is 11.5. The number of ether oxygens (including phenoxy) is 1. The number of hydrogen-bond donors (Lipinski definition) is 1. The smallest absolute Gasteiger partial charge is 0.150 e. The van der Waals surface area contributed by atoms with Crippen molar-refractivity contribution in [2.24, 2.45) is 11.7 Å². The van der Waals surface area contributed by atoms with Gasteiger partial charge in [-0.2, -0.15) is 0 Å². The van der Waals surface area contributed by atoms with E-state index in [4.69, 9.17) is 10.5 Å². The summed E-state index contributed by atoms with van der Waals surface area (Å²) in [5.74, 6) is 1.03. The summed E-state index contributed by atoms with van der Waals surface area (Å²) in [6.45, 7) is 4.38. The monoisotopic (exact) mass is 305 g/mol. The standard InChI is InChI=1S/C15H31NO3S/c1-3-19-15(13-9-6-5-7-10-13)14(16)11-8-12-20(17,18)4-2/h13-15H,3-12,16H2,1-2H3. The van der Waals surface area contributed by atoms with Crippen LogP contribution in [0.15, 0.2) is 0 Å². The first-order valence-corrected chi connectivity index (χ1v) is 9.90. The lowest BCUT2D eigenvalue weighted by Crippen LogP contribution is -2.43. The molecule has 0 saturated heterocycles. The van der Waals surface area contributed by atoms with Gasteiger partial charge in [0, 0.05) is 18.4 Å². The Bertz CT molecular complexity index is 350. The molecule has 1 saturated carbocycles. The number of nitrogens with two attached hydrogens (primary N) is 1. The van der Waals surface area contributed by atoms with Gasteiger partial charge in [0.2, 0.25) is 0 Å². The molecule has 5 heteroatoms. The minimum atomic E-state index is -2.87. The lowest BCUT2D eigenvalue weighted by molar-refractivity contribution is -0.0109. The molecule has 1 fully saturated rings. The lowest BCUT2D eigenvalue weighted by atomic mass is 9.82. The summed E-state index contributed by atoms with van der Waals surface area (Å²) in [6.07, 6.45) is 7.74. The molecule has 1 aliphatic rings. The Balaban J connectivity index is 2.44. The van der Waals surface area contributed by atoms with E-state index in [1.807, 2.05) is 6.92 Å². The Kier molecular flexibility index (Phi) is 8.07. The minimum absolute atomic E-state index is 0.0369. The van der Waals surface area contributed by atoms with Crippen molar-refractivity contribution in [3.8, 4) is 0 Å². The van der Waals surface area contributed by atoms with Gasteiger partial charge >= 0.3 is 0 Å². The maximum absolute atomic E-state index is 11.5. The molecule has 0 aromatic rings. The second-order valence-corrected chi connectivity index (χ2v) is 8.33. The van der Waals surface area contributed by atoms with Crippen LogP contribution in [0.5, 0.6) is 0 Å². The van der Waals surface area contributed by atoms with Crippen LogP contribution in [0.3, 0.4) is 0 Å². The lowest BCUT2D eigenvalue weighted by Gasteiger charge is -2.34. The van der Waals surface area contributed by atoms with E-state index in [0.29, 0.717) is 18.9 Å². The first kappa shape index (κ1) is 17.9. The Morgan fingerprint density at radius 2 is 1.85 bits per heavy atom. The number of sulfone groups is 1. The summed E-state index contributed by atoms with van der Waals surface area (Å²) in [7, 11) is -2.87. The van der Waals surface area contributed by atoms with Gasteiger partial charge in [0.15, 0.2) is 0 Å².